The summed E-state index contributed by atoms with van der Waals surface area (Å²) in [7, 11) is 0. The topological polar surface area (TPSA) is 69.6 Å². The highest BCUT2D eigenvalue weighted by molar-refractivity contribution is 5.77. The number of carbonyl (C=O) groups is 2. The lowest BCUT2D eigenvalue weighted by Gasteiger charge is -2.33. The molecule has 1 aliphatic rings. The number of hydrogen-bond acceptors (Lipinski definition) is 3. The Morgan fingerprint density at radius 1 is 1.38 bits per heavy atom. The number of rotatable bonds is 4. The van der Waals surface area contributed by atoms with E-state index in [0.29, 0.717) is 13.1 Å². The van der Waals surface area contributed by atoms with Crippen molar-refractivity contribution < 1.29 is 14.7 Å². The number of aliphatic hydroxyl groups excluding tert-OH is 1. The standard InChI is InChI=1S/C16H22N2O3/c1-12(19)17-14-8-5-9-18(11-14)16(21)10-15(20)13-6-3-2-4-7-13/h2-4,6-7,14-15,20H,5,8-11H2,1H3,(H,17,19). The van der Waals surface area contributed by atoms with Crippen molar-refractivity contribution in [2.75, 3.05) is 13.1 Å². The summed E-state index contributed by atoms with van der Waals surface area (Å²) in [5.41, 5.74) is 0.751. The van der Waals surface area contributed by atoms with E-state index in [4.69, 9.17) is 0 Å². The first kappa shape index (κ1) is 15.5. The highest BCUT2D eigenvalue weighted by Gasteiger charge is 2.25. The summed E-state index contributed by atoms with van der Waals surface area (Å²) in [6.07, 6.45) is 1.07. The van der Waals surface area contributed by atoms with Crippen LogP contribution in [-0.4, -0.2) is 41.0 Å². The van der Waals surface area contributed by atoms with Gasteiger partial charge in [-0.15, -0.1) is 0 Å². The normalized spacial score (nSPS) is 19.9. The van der Waals surface area contributed by atoms with Crippen molar-refractivity contribution in [3.05, 3.63) is 35.9 Å². The SMILES string of the molecule is CC(=O)NC1CCCN(C(=O)CC(O)c2ccccc2)C1. The largest absolute Gasteiger partial charge is 0.388 e. The second kappa shape index (κ2) is 7.22. The summed E-state index contributed by atoms with van der Waals surface area (Å²) in [5.74, 6) is -0.139. The summed E-state index contributed by atoms with van der Waals surface area (Å²) in [6, 6.07) is 9.21. The number of hydrogen-bond donors (Lipinski definition) is 2. The van der Waals surface area contributed by atoms with Crippen molar-refractivity contribution >= 4 is 11.8 Å². The van der Waals surface area contributed by atoms with Gasteiger partial charge < -0.3 is 15.3 Å². The van der Waals surface area contributed by atoms with Gasteiger partial charge in [-0.3, -0.25) is 9.59 Å². The van der Waals surface area contributed by atoms with Crippen LogP contribution in [0.3, 0.4) is 0 Å². The Kier molecular flexibility index (Phi) is 5.33. The molecular weight excluding hydrogens is 268 g/mol. The molecule has 1 fully saturated rings. The summed E-state index contributed by atoms with van der Waals surface area (Å²) in [4.78, 5) is 25.1. The van der Waals surface area contributed by atoms with Gasteiger partial charge in [0.1, 0.15) is 0 Å². The molecular formula is C16H22N2O3. The fourth-order valence-electron chi connectivity index (χ4n) is 2.70. The van der Waals surface area contributed by atoms with Crippen LogP contribution in [0.5, 0.6) is 0 Å². The average Bonchev–Trinajstić information content (AvgIpc) is 2.47. The predicted octanol–water partition coefficient (Wildman–Crippen LogP) is 1.24. The molecule has 1 aromatic rings. The predicted molar refractivity (Wildman–Crippen MR) is 79.4 cm³/mol. The molecule has 2 amide bonds. The number of carbonyl (C=O) groups excluding carboxylic acids is 2. The Morgan fingerprint density at radius 3 is 2.76 bits per heavy atom. The third kappa shape index (κ3) is 4.56. The molecule has 5 nitrogen and oxygen atoms in total. The minimum atomic E-state index is -0.778. The van der Waals surface area contributed by atoms with Gasteiger partial charge in [0.2, 0.25) is 11.8 Å². The van der Waals surface area contributed by atoms with Crippen LogP contribution in [-0.2, 0) is 9.59 Å². The molecule has 0 spiro atoms. The fourth-order valence-corrected chi connectivity index (χ4v) is 2.70. The molecule has 1 heterocycles. The van der Waals surface area contributed by atoms with Gasteiger partial charge in [-0.1, -0.05) is 30.3 Å². The molecule has 21 heavy (non-hydrogen) atoms. The Bertz CT molecular complexity index is 490. The molecule has 0 radical (unpaired) electrons. The summed E-state index contributed by atoms with van der Waals surface area (Å²) in [6.45, 7) is 2.70. The van der Waals surface area contributed by atoms with Gasteiger partial charge in [0.05, 0.1) is 12.5 Å². The van der Waals surface area contributed by atoms with E-state index < -0.39 is 6.10 Å². The quantitative estimate of drug-likeness (QED) is 0.876. The number of nitrogens with zero attached hydrogens (tertiary/aromatic N) is 1. The van der Waals surface area contributed by atoms with Gasteiger partial charge >= 0.3 is 0 Å². The van der Waals surface area contributed by atoms with Gasteiger partial charge in [-0.25, -0.2) is 0 Å². The molecule has 0 bridgehead atoms. The van der Waals surface area contributed by atoms with Crippen molar-refractivity contribution in [1.29, 1.82) is 0 Å². The van der Waals surface area contributed by atoms with Crippen molar-refractivity contribution in [3.63, 3.8) is 0 Å². The van der Waals surface area contributed by atoms with Gasteiger partial charge in [-0.2, -0.15) is 0 Å². The third-order valence-corrected chi connectivity index (χ3v) is 3.73. The number of piperidine rings is 1. The summed E-state index contributed by atoms with van der Waals surface area (Å²) in [5, 5.41) is 13.0. The van der Waals surface area contributed by atoms with E-state index in [2.05, 4.69) is 5.32 Å². The van der Waals surface area contributed by atoms with E-state index >= 15 is 0 Å². The minimum absolute atomic E-state index is 0.0223. The minimum Gasteiger partial charge on any atom is -0.388 e. The van der Waals surface area contributed by atoms with Crippen molar-refractivity contribution in [2.45, 2.75) is 38.3 Å². The molecule has 0 aliphatic carbocycles. The molecule has 2 unspecified atom stereocenters. The van der Waals surface area contributed by atoms with Crippen molar-refractivity contribution in [2.24, 2.45) is 0 Å². The molecule has 0 aromatic heterocycles. The Labute approximate surface area is 125 Å². The van der Waals surface area contributed by atoms with Crippen molar-refractivity contribution in [3.8, 4) is 0 Å². The monoisotopic (exact) mass is 290 g/mol. The zero-order valence-electron chi connectivity index (χ0n) is 12.3. The first-order valence-electron chi connectivity index (χ1n) is 7.34. The van der Waals surface area contributed by atoms with Crippen LogP contribution < -0.4 is 5.32 Å². The van der Waals surface area contributed by atoms with E-state index in [1.54, 1.807) is 4.90 Å². The Hall–Kier alpha value is -1.88. The first-order chi connectivity index (χ1) is 10.1. The lowest BCUT2D eigenvalue weighted by molar-refractivity contribution is -0.135. The smallest absolute Gasteiger partial charge is 0.225 e. The van der Waals surface area contributed by atoms with Crippen LogP contribution in [0.4, 0.5) is 0 Å². The van der Waals surface area contributed by atoms with E-state index in [1.165, 1.54) is 6.92 Å². The van der Waals surface area contributed by atoms with Gasteiger partial charge in [0.25, 0.3) is 0 Å². The molecule has 2 N–H and O–H groups in total. The molecule has 0 saturated carbocycles. The van der Waals surface area contributed by atoms with E-state index in [-0.39, 0.29) is 24.3 Å². The maximum absolute atomic E-state index is 12.3. The molecule has 1 aliphatic heterocycles. The lowest BCUT2D eigenvalue weighted by atomic mass is 10.0. The Balaban J connectivity index is 1.89. The second-order valence-electron chi connectivity index (χ2n) is 5.51. The molecule has 5 heteroatoms. The van der Waals surface area contributed by atoms with Crippen LogP contribution in [0.15, 0.2) is 30.3 Å². The number of nitrogens with one attached hydrogen (secondary N) is 1. The molecule has 114 valence electrons. The van der Waals surface area contributed by atoms with Gasteiger partial charge in [0.15, 0.2) is 0 Å². The van der Waals surface area contributed by atoms with Crippen LogP contribution in [0.2, 0.25) is 0 Å². The fraction of sp³-hybridized carbons (Fsp3) is 0.500. The van der Waals surface area contributed by atoms with Gasteiger partial charge in [-0.05, 0) is 18.4 Å². The van der Waals surface area contributed by atoms with Gasteiger partial charge in [0, 0.05) is 26.1 Å². The molecule has 2 rings (SSSR count). The second-order valence-corrected chi connectivity index (χ2v) is 5.51. The number of likely N-dealkylation sites (tertiary alicyclic amines) is 1. The van der Waals surface area contributed by atoms with E-state index in [1.807, 2.05) is 30.3 Å². The van der Waals surface area contributed by atoms with Crippen molar-refractivity contribution in [1.82, 2.24) is 10.2 Å². The summed E-state index contributed by atoms with van der Waals surface area (Å²) >= 11 is 0. The van der Waals surface area contributed by atoms with Crippen LogP contribution in [0.25, 0.3) is 0 Å². The number of aliphatic hydroxyl groups is 1. The average molecular weight is 290 g/mol. The zero-order chi connectivity index (χ0) is 15.2. The number of amides is 2. The maximum Gasteiger partial charge on any atom is 0.225 e. The van der Waals surface area contributed by atoms with Crippen LogP contribution in [0, 0.1) is 0 Å². The summed E-state index contributed by atoms with van der Waals surface area (Å²) < 4.78 is 0. The highest BCUT2D eigenvalue weighted by Crippen LogP contribution is 2.19. The highest BCUT2D eigenvalue weighted by atomic mass is 16.3. The maximum atomic E-state index is 12.3. The van der Waals surface area contributed by atoms with Crippen LogP contribution in [0.1, 0.15) is 37.9 Å². The third-order valence-electron chi connectivity index (χ3n) is 3.73. The Morgan fingerprint density at radius 2 is 2.10 bits per heavy atom. The molecule has 1 saturated heterocycles. The number of benzene rings is 1. The first-order valence-corrected chi connectivity index (χ1v) is 7.34. The van der Waals surface area contributed by atoms with Crippen LogP contribution >= 0.6 is 0 Å². The molecule has 2 atom stereocenters. The van der Waals surface area contributed by atoms with E-state index in [9.17, 15) is 14.7 Å². The zero-order valence-corrected chi connectivity index (χ0v) is 12.3. The molecule has 1 aromatic carbocycles. The lowest BCUT2D eigenvalue weighted by Crippen LogP contribution is -2.49. The van der Waals surface area contributed by atoms with E-state index in [0.717, 1.165) is 18.4 Å².